The van der Waals surface area contributed by atoms with Crippen molar-refractivity contribution >= 4 is 0 Å². The van der Waals surface area contributed by atoms with Gasteiger partial charge in [0, 0.05) is 12.0 Å². The number of hydrogen-bond donors (Lipinski definition) is 2. The van der Waals surface area contributed by atoms with Crippen molar-refractivity contribution in [3.63, 3.8) is 0 Å². The fraction of sp³-hybridized carbons (Fsp3) is 0.800. The molecule has 0 bridgehead atoms. The van der Waals surface area contributed by atoms with Crippen molar-refractivity contribution in [1.29, 1.82) is 0 Å². The molecule has 0 aromatic carbocycles. The monoisotopic (exact) mass is 208 g/mol. The van der Waals surface area contributed by atoms with Gasteiger partial charge in [0.25, 0.3) is 0 Å². The summed E-state index contributed by atoms with van der Waals surface area (Å²) in [5, 5.41) is 7.72. The molecule has 3 rings (SSSR count). The molecule has 2 fully saturated rings. The maximum absolute atomic E-state index is 11.6. The second kappa shape index (κ2) is 3.48. The number of H-pyrrole nitrogens is 1. The van der Waals surface area contributed by atoms with E-state index in [-0.39, 0.29) is 5.69 Å². The van der Waals surface area contributed by atoms with E-state index in [1.54, 1.807) is 4.68 Å². The molecule has 5 heteroatoms. The van der Waals surface area contributed by atoms with Gasteiger partial charge in [-0.1, -0.05) is 0 Å². The standard InChI is InChI=1S/C10H16N4O/c15-10-12-9(7-3-4-7)13-14(10)6-8-2-1-5-11-8/h7-8,11H,1-6H2,(H,12,13,15). The van der Waals surface area contributed by atoms with Gasteiger partial charge in [0.2, 0.25) is 0 Å². The summed E-state index contributed by atoms with van der Waals surface area (Å²) in [6.07, 6.45) is 4.71. The van der Waals surface area contributed by atoms with Crippen molar-refractivity contribution < 1.29 is 0 Å². The largest absolute Gasteiger partial charge is 0.343 e. The highest BCUT2D eigenvalue weighted by atomic mass is 16.1. The number of aromatic amines is 1. The van der Waals surface area contributed by atoms with Crippen molar-refractivity contribution in [2.75, 3.05) is 6.54 Å². The number of nitrogens with zero attached hydrogens (tertiary/aromatic N) is 2. The second-order valence-corrected chi connectivity index (χ2v) is 4.57. The van der Waals surface area contributed by atoms with Gasteiger partial charge < -0.3 is 5.32 Å². The van der Waals surface area contributed by atoms with Gasteiger partial charge in [0.05, 0.1) is 6.54 Å². The Hall–Kier alpha value is -1.10. The first-order chi connectivity index (χ1) is 7.33. The van der Waals surface area contributed by atoms with Crippen molar-refractivity contribution in [3.8, 4) is 0 Å². The summed E-state index contributed by atoms with van der Waals surface area (Å²) in [5.41, 5.74) is -0.0504. The lowest BCUT2D eigenvalue weighted by molar-refractivity contribution is 0.463. The third kappa shape index (κ3) is 1.84. The summed E-state index contributed by atoms with van der Waals surface area (Å²) in [6.45, 7) is 1.78. The number of hydrogen-bond acceptors (Lipinski definition) is 3. The fourth-order valence-corrected chi connectivity index (χ4v) is 2.16. The lowest BCUT2D eigenvalue weighted by atomic mass is 10.2. The number of rotatable bonds is 3. The fourth-order valence-electron chi connectivity index (χ4n) is 2.16. The molecule has 2 aliphatic rings. The molecule has 2 heterocycles. The zero-order valence-electron chi connectivity index (χ0n) is 8.70. The predicted octanol–water partition coefficient (Wildman–Crippen LogP) is 0.201. The minimum atomic E-state index is -0.0504. The molecule has 1 unspecified atom stereocenters. The van der Waals surface area contributed by atoms with Crippen LogP contribution in [0.15, 0.2) is 4.79 Å². The first-order valence-corrected chi connectivity index (χ1v) is 5.73. The van der Waals surface area contributed by atoms with E-state index in [0.717, 1.165) is 18.8 Å². The van der Waals surface area contributed by atoms with Gasteiger partial charge in [0.15, 0.2) is 0 Å². The molecule has 5 nitrogen and oxygen atoms in total. The average Bonchev–Trinajstić information content (AvgIpc) is 2.84. The summed E-state index contributed by atoms with van der Waals surface area (Å²) >= 11 is 0. The van der Waals surface area contributed by atoms with Crippen LogP contribution in [0.3, 0.4) is 0 Å². The highest BCUT2D eigenvalue weighted by Gasteiger charge is 2.28. The Labute approximate surface area is 87.9 Å². The van der Waals surface area contributed by atoms with Crippen molar-refractivity contribution in [2.24, 2.45) is 0 Å². The van der Waals surface area contributed by atoms with Crippen LogP contribution in [-0.4, -0.2) is 27.4 Å². The van der Waals surface area contributed by atoms with Crippen LogP contribution in [0.2, 0.25) is 0 Å². The van der Waals surface area contributed by atoms with Crippen LogP contribution in [-0.2, 0) is 6.54 Å². The van der Waals surface area contributed by atoms with Crippen molar-refractivity contribution in [1.82, 2.24) is 20.1 Å². The Balaban J connectivity index is 1.75. The molecule has 1 aliphatic heterocycles. The second-order valence-electron chi connectivity index (χ2n) is 4.57. The van der Waals surface area contributed by atoms with Gasteiger partial charge in [-0.2, -0.15) is 5.10 Å². The molecule has 15 heavy (non-hydrogen) atoms. The Kier molecular flexibility index (Phi) is 2.12. The van der Waals surface area contributed by atoms with Gasteiger partial charge in [-0.15, -0.1) is 0 Å². The van der Waals surface area contributed by atoms with E-state index in [2.05, 4.69) is 15.4 Å². The van der Waals surface area contributed by atoms with Crippen LogP contribution in [0.5, 0.6) is 0 Å². The molecular formula is C10H16N4O. The molecule has 1 aromatic rings. The molecule has 1 saturated carbocycles. The molecule has 1 aromatic heterocycles. The smallest absolute Gasteiger partial charge is 0.312 e. The number of aromatic nitrogens is 3. The van der Waals surface area contributed by atoms with E-state index in [1.807, 2.05) is 0 Å². The topological polar surface area (TPSA) is 62.7 Å². The quantitative estimate of drug-likeness (QED) is 0.746. The Bertz CT molecular complexity index is 398. The molecule has 1 aliphatic carbocycles. The van der Waals surface area contributed by atoms with Gasteiger partial charge in [-0.05, 0) is 32.2 Å². The molecule has 1 saturated heterocycles. The summed E-state index contributed by atoms with van der Waals surface area (Å²) in [5.74, 6) is 1.41. The van der Waals surface area contributed by atoms with Crippen LogP contribution in [0.25, 0.3) is 0 Å². The zero-order chi connectivity index (χ0) is 10.3. The predicted molar refractivity (Wildman–Crippen MR) is 55.8 cm³/mol. The van der Waals surface area contributed by atoms with Crippen molar-refractivity contribution in [3.05, 3.63) is 16.3 Å². The molecule has 0 radical (unpaired) electrons. The Morgan fingerprint density at radius 1 is 1.40 bits per heavy atom. The highest BCUT2D eigenvalue weighted by Crippen LogP contribution is 2.37. The molecule has 1 atom stereocenters. The van der Waals surface area contributed by atoms with E-state index in [0.29, 0.717) is 18.5 Å². The first kappa shape index (κ1) is 9.15. The molecule has 0 spiro atoms. The maximum Gasteiger partial charge on any atom is 0.343 e. The summed E-state index contributed by atoms with van der Waals surface area (Å²) in [4.78, 5) is 14.4. The minimum Gasteiger partial charge on any atom is -0.312 e. The molecule has 82 valence electrons. The molecule has 2 N–H and O–H groups in total. The number of nitrogens with one attached hydrogen (secondary N) is 2. The van der Waals surface area contributed by atoms with Gasteiger partial charge >= 0.3 is 5.69 Å². The van der Waals surface area contributed by atoms with Gasteiger partial charge in [0.1, 0.15) is 5.82 Å². The van der Waals surface area contributed by atoms with Gasteiger partial charge in [-0.25, -0.2) is 9.48 Å². The average molecular weight is 208 g/mol. The maximum atomic E-state index is 11.6. The summed E-state index contributed by atoms with van der Waals surface area (Å²) in [6, 6.07) is 0.429. The van der Waals surface area contributed by atoms with Crippen LogP contribution < -0.4 is 11.0 Å². The SMILES string of the molecule is O=c1[nH]c(C2CC2)nn1CC1CCCN1. The Morgan fingerprint density at radius 3 is 2.93 bits per heavy atom. The lowest BCUT2D eigenvalue weighted by Gasteiger charge is -2.07. The van der Waals surface area contributed by atoms with E-state index in [4.69, 9.17) is 0 Å². The lowest BCUT2D eigenvalue weighted by Crippen LogP contribution is -2.31. The van der Waals surface area contributed by atoms with Crippen LogP contribution >= 0.6 is 0 Å². The van der Waals surface area contributed by atoms with E-state index < -0.39 is 0 Å². The minimum absolute atomic E-state index is 0.0504. The third-order valence-electron chi connectivity index (χ3n) is 3.22. The molecule has 0 amide bonds. The summed E-state index contributed by atoms with van der Waals surface area (Å²) < 4.78 is 1.58. The van der Waals surface area contributed by atoms with Crippen molar-refractivity contribution in [2.45, 2.75) is 44.2 Å². The van der Waals surface area contributed by atoms with Gasteiger partial charge in [-0.3, -0.25) is 4.98 Å². The van der Waals surface area contributed by atoms with E-state index >= 15 is 0 Å². The first-order valence-electron chi connectivity index (χ1n) is 5.73. The van der Waals surface area contributed by atoms with E-state index in [9.17, 15) is 4.79 Å². The van der Waals surface area contributed by atoms with Crippen LogP contribution in [0.1, 0.15) is 37.4 Å². The van der Waals surface area contributed by atoms with Crippen LogP contribution in [0.4, 0.5) is 0 Å². The zero-order valence-corrected chi connectivity index (χ0v) is 8.70. The van der Waals surface area contributed by atoms with E-state index in [1.165, 1.54) is 19.3 Å². The highest BCUT2D eigenvalue weighted by molar-refractivity contribution is 5.02. The third-order valence-corrected chi connectivity index (χ3v) is 3.22. The van der Waals surface area contributed by atoms with Crippen LogP contribution in [0, 0.1) is 0 Å². The normalized spacial score (nSPS) is 26.0. The Morgan fingerprint density at radius 2 is 2.27 bits per heavy atom. The summed E-state index contributed by atoms with van der Waals surface area (Å²) in [7, 11) is 0. The molecular weight excluding hydrogens is 192 g/mol.